The van der Waals surface area contributed by atoms with Gasteiger partial charge in [-0.2, -0.15) is 0 Å². The summed E-state index contributed by atoms with van der Waals surface area (Å²) in [4.78, 5) is 26.9. The van der Waals surface area contributed by atoms with Crippen LogP contribution in [0.15, 0.2) is 0 Å². The van der Waals surface area contributed by atoms with Crippen LogP contribution in [-0.4, -0.2) is 90.5 Å². The molecule has 8 nitrogen and oxygen atoms in total. The van der Waals surface area contributed by atoms with Crippen LogP contribution < -0.4 is 5.32 Å². The molecule has 2 rings (SSSR count). The van der Waals surface area contributed by atoms with E-state index in [0.29, 0.717) is 32.6 Å². The number of fused-ring (bicyclic) bond motifs is 1. The van der Waals surface area contributed by atoms with Crippen molar-refractivity contribution in [2.45, 2.75) is 51.2 Å². The fourth-order valence-electron chi connectivity index (χ4n) is 3.62. The van der Waals surface area contributed by atoms with E-state index in [0.717, 1.165) is 0 Å². The van der Waals surface area contributed by atoms with E-state index in [9.17, 15) is 18.0 Å². The van der Waals surface area contributed by atoms with E-state index in [1.807, 2.05) is 25.7 Å². The van der Waals surface area contributed by atoms with Crippen molar-refractivity contribution in [2.75, 3.05) is 37.7 Å². The summed E-state index contributed by atoms with van der Waals surface area (Å²) < 4.78 is 24.2. The Morgan fingerprint density at radius 1 is 1.04 bits per heavy atom. The maximum Gasteiger partial charge on any atom is 0.304 e. The van der Waals surface area contributed by atoms with Crippen LogP contribution in [0.1, 0.15) is 33.6 Å². The largest absolute Gasteiger partial charge is 0.481 e. The summed E-state index contributed by atoms with van der Waals surface area (Å²) in [5.41, 5.74) is -0.286. The Morgan fingerprint density at radius 2 is 1.52 bits per heavy atom. The van der Waals surface area contributed by atoms with Crippen LogP contribution in [0.3, 0.4) is 0 Å². The van der Waals surface area contributed by atoms with Crippen LogP contribution in [0.2, 0.25) is 0 Å². The highest BCUT2D eigenvalue weighted by Crippen LogP contribution is 2.27. The third kappa shape index (κ3) is 5.93. The first-order chi connectivity index (χ1) is 11.5. The number of aliphatic carboxylic acids is 1. The molecule has 144 valence electrons. The molecule has 2 fully saturated rings. The zero-order valence-corrected chi connectivity index (χ0v) is 16.0. The molecule has 0 radical (unpaired) electrons. The van der Waals surface area contributed by atoms with E-state index in [4.69, 9.17) is 5.11 Å². The summed E-state index contributed by atoms with van der Waals surface area (Å²) >= 11 is 0. The summed E-state index contributed by atoms with van der Waals surface area (Å²) in [6.07, 6.45) is 0.340. The molecule has 0 aromatic rings. The Morgan fingerprint density at radius 3 is 1.96 bits per heavy atom. The van der Waals surface area contributed by atoms with E-state index in [1.54, 1.807) is 0 Å². The number of nitrogens with zero attached hydrogens (tertiary/aromatic N) is 2. The summed E-state index contributed by atoms with van der Waals surface area (Å²) in [5.74, 6) is -0.763. The second-order valence-electron chi connectivity index (χ2n) is 7.98. The number of carboxylic acids is 1. The monoisotopic (exact) mass is 375 g/mol. The third-order valence-corrected chi connectivity index (χ3v) is 6.36. The lowest BCUT2D eigenvalue weighted by Gasteiger charge is -2.43. The maximum absolute atomic E-state index is 12.1. The minimum Gasteiger partial charge on any atom is -0.481 e. The molecule has 0 unspecified atom stereocenters. The molecule has 25 heavy (non-hydrogen) atoms. The highest BCUT2D eigenvalue weighted by Gasteiger charge is 2.46. The topological polar surface area (TPSA) is 107 Å². The van der Waals surface area contributed by atoms with Crippen molar-refractivity contribution in [2.24, 2.45) is 0 Å². The van der Waals surface area contributed by atoms with Gasteiger partial charge >= 0.3 is 5.97 Å². The van der Waals surface area contributed by atoms with Gasteiger partial charge in [-0.3, -0.25) is 19.4 Å². The molecule has 2 aliphatic heterocycles. The molecule has 2 saturated heterocycles. The van der Waals surface area contributed by atoms with Crippen molar-refractivity contribution in [1.29, 1.82) is 0 Å². The molecule has 0 aliphatic carbocycles. The lowest BCUT2D eigenvalue weighted by molar-refractivity contribution is -0.137. The highest BCUT2D eigenvalue weighted by molar-refractivity contribution is 7.91. The molecule has 2 atom stereocenters. The first kappa shape index (κ1) is 20.1. The van der Waals surface area contributed by atoms with Crippen LogP contribution >= 0.6 is 0 Å². The number of hydrogen-bond acceptors (Lipinski definition) is 6. The summed E-state index contributed by atoms with van der Waals surface area (Å²) in [5, 5.41) is 11.8. The summed E-state index contributed by atoms with van der Waals surface area (Å²) in [6, 6.07) is -0.334. The molecule has 0 saturated carbocycles. The quantitative estimate of drug-likeness (QED) is 0.647. The first-order valence-corrected chi connectivity index (χ1v) is 10.5. The lowest BCUT2D eigenvalue weighted by Crippen LogP contribution is -2.59. The predicted molar refractivity (Wildman–Crippen MR) is 94.1 cm³/mol. The molecule has 1 amide bonds. The molecule has 0 spiro atoms. The van der Waals surface area contributed by atoms with Crippen LogP contribution in [0, 0.1) is 0 Å². The molecule has 0 aromatic heterocycles. The second-order valence-corrected chi connectivity index (χ2v) is 10.1. The zero-order chi connectivity index (χ0) is 18.8. The highest BCUT2D eigenvalue weighted by atomic mass is 32.2. The molecule has 0 bridgehead atoms. The Bertz CT molecular complexity index is 614. The SMILES string of the molecule is CC(C)(C)NC(=O)CCN1CCN(CCC(=O)O)[C@@H]2CS(=O)(=O)C[C@@H]21. The Balaban J connectivity index is 1.98. The normalized spacial score (nSPS) is 27.0. The number of carboxylic acid groups (broad SMARTS) is 1. The molecule has 2 N–H and O–H groups in total. The minimum atomic E-state index is -3.13. The number of sulfone groups is 1. The van der Waals surface area contributed by atoms with E-state index < -0.39 is 15.8 Å². The first-order valence-electron chi connectivity index (χ1n) is 8.68. The Labute approximate surface area is 149 Å². The van der Waals surface area contributed by atoms with Crippen molar-refractivity contribution in [1.82, 2.24) is 15.1 Å². The van der Waals surface area contributed by atoms with E-state index in [1.165, 1.54) is 0 Å². The molecular weight excluding hydrogens is 346 g/mol. The van der Waals surface area contributed by atoms with Crippen LogP contribution in [-0.2, 0) is 19.4 Å². The zero-order valence-electron chi connectivity index (χ0n) is 15.2. The standard InChI is InChI=1S/C16H29N3O5S/c1-16(2,3)17-14(20)4-6-18-8-9-19(7-5-15(21)22)13-11-25(23,24)10-12(13)18/h12-13H,4-11H2,1-3H3,(H,17,20)(H,21,22)/t12-,13+/m0/s1. The minimum absolute atomic E-state index is 0.0112. The van der Waals surface area contributed by atoms with E-state index in [-0.39, 0.29) is 41.5 Å². The molecule has 0 aromatic carbocycles. The average molecular weight is 375 g/mol. The Kier molecular flexibility index (Phi) is 6.11. The number of amides is 1. The van der Waals surface area contributed by atoms with Gasteiger partial charge < -0.3 is 10.4 Å². The van der Waals surface area contributed by atoms with Gasteiger partial charge in [0.15, 0.2) is 9.84 Å². The fourth-order valence-corrected chi connectivity index (χ4v) is 5.66. The van der Waals surface area contributed by atoms with Gasteiger partial charge in [-0.15, -0.1) is 0 Å². The average Bonchev–Trinajstić information content (AvgIpc) is 2.76. The molecule has 9 heteroatoms. The van der Waals surface area contributed by atoms with Gasteiger partial charge in [-0.25, -0.2) is 8.42 Å². The van der Waals surface area contributed by atoms with Crippen molar-refractivity contribution in [3.05, 3.63) is 0 Å². The summed E-state index contributed by atoms with van der Waals surface area (Å²) in [6.45, 7) is 7.93. The van der Waals surface area contributed by atoms with Gasteiger partial charge in [-0.05, 0) is 20.8 Å². The smallest absolute Gasteiger partial charge is 0.304 e. The Hall–Kier alpha value is -1.19. The van der Waals surface area contributed by atoms with Gasteiger partial charge in [0.1, 0.15) is 0 Å². The molecule has 2 aliphatic rings. The van der Waals surface area contributed by atoms with Gasteiger partial charge in [0.05, 0.1) is 17.9 Å². The lowest BCUT2D eigenvalue weighted by atomic mass is 10.0. The van der Waals surface area contributed by atoms with E-state index in [2.05, 4.69) is 10.2 Å². The van der Waals surface area contributed by atoms with E-state index >= 15 is 0 Å². The number of carbonyl (C=O) groups excluding carboxylic acids is 1. The molecular formula is C16H29N3O5S. The van der Waals surface area contributed by atoms with Gasteiger partial charge in [0.2, 0.25) is 5.91 Å². The van der Waals surface area contributed by atoms with Gasteiger partial charge in [0.25, 0.3) is 0 Å². The molecule has 2 heterocycles. The number of piperazine rings is 1. The fraction of sp³-hybridized carbons (Fsp3) is 0.875. The van der Waals surface area contributed by atoms with Crippen LogP contribution in [0.5, 0.6) is 0 Å². The van der Waals surface area contributed by atoms with Crippen LogP contribution in [0.25, 0.3) is 0 Å². The number of hydrogen-bond donors (Lipinski definition) is 2. The van der Waals surface area contributed by atoms with Gasteiger partial charge in [0, 0.05) is 50.2 Å². The van der Waals surface area contributed by atoms with Crippen molar-refractivity contribution in [3.63, 3.8) is 0 Å². The maximum atomic E-state index is 12.1. The van der Waals surface area contributed by atoms with Gasteiger partial charge in [-0.1, -0.05) is 0 Å². The van der Waals surface area contributed by atoms with Crippen molar-refractivity contribution in [3.8, 4) is 0 Å². The number of nitrogens with one attached hydrogen (secondary N) is 1. The van der Waals surface area contributed by atoms with Crippen LogP contribution in [0.4, 0.5) is 0 Å². The predicted octanol–water partition coefficient (Wildman–Crippen LogP) is -0.451. The second kappa shape index (κ2) is 7.59. The van der Waals surface area contributed by atoms with Crippen molar-refractivity contribution < 1.29 is 23.1 Å². The summed E-state index contributed by atoms with van der Waals surface area (Å²) in [7, 11) is -3.13. The number of rotatable bonds is 6. The third-order valence-electron chi connectivity index (χ3n) is 4.66. The number of carbonyl (C=O) groups is 2. The van der Waals surface area contributed by atoms with Crippen molar-refractivity contribution >= 4 is 21.7 Å².